The van der Waals surface area contributed by atoms with Crippen LogP contribution in [0.4, 0.5) is 0 Å². The van der Waals surface area contributed by atoms with E-state index >= 15 is 0 Å². The molecular formula is C19H22N2O3. The van der Waals surface area contributed by atoms with Gasteiger partial charge in [0.05, 0.1) is 0 Å². The monoisotopic (exact) mass is 326 g/mol. The summed E-state index contributed by atoms with van der Waals surface area (Å²) in [5.41, 5.74) is 9.25. The smallest absolute Gasteiger partial charge is 0.251 e. The molecule has 0 bridgehead atoms. The molecule has 5 heteroatoms. The zero-order valence-corrected chi connectivity index (χ0v) is 13.7. The maximum Gasteiger partial charge on any atom is 0.251 e. The van der Waals surface area contributed by atoms with Gasteiger partial charge in [-0.25, -0.2) is 0 Å². The normalized spacial score (nSPS) is 11.8. The quantitative estimate of drug-likeness (QED) is 0.719. The zero-order valence-electron chi connectivity index (χ0n) is 13.7. The third-order valence-electron chi connectivity index (χ3n) is 3.93. The van der Waals surface area contributed by atoms with Crippen molar-refractivity contribution in [2.45, 2.75) is 19.4 Å². The van der Waals surface area contributed by atoms with Gasteiger partial charge < -0.3 is 16.2 Å². The van der Waals surface area contributed by atoms with E-state index in [9.17, 15) is 9.59 Å². The Morgan fingerprint density at radius 3 is 2.04 bits per heavy atom. The summed E-state index contributed by atoms with van der Waals surface area (Å²) in [5, 5.41) is 11.4. The van der Waals surface area contributed by atoms with Gasteiger partial charge in [0.15, 0.2) is 5.78 Å². The average Bonchev–Trinajstić information content (AvgIpc) is 2.65. The van der Waals surface area contributed by atoms with E-state index in [4.69, 9.17) is 10.8 Å². The number of nitrogens with two attached hydrogens (primary N) is 1. The first kappa shape index (κ1) is 17.8. The third-order valence-corrected chi connectivity index (χ3v) is 3.93. The van der Waals surface area contributed by atoms with Crippen molar-refractivity contribution in [3.05, 3.63) is 59.7 Å². The van der Waals surface area contributed by atoms with Crippen molar-refractivity contribution in [3.63, 3.8) is 0 Å². The number of amides is 1. The molecular weight excluding hydrogens is 304 g/mol. The second-order valence-electron chi connectivity index (χ2n) is 5.51. The Hall–Kier alpha value is -2.50. The van der Waals surface area contributed by atoms with Crippen molar-refractivity contribution in [1.29, 1.82) is 0 Å². The molecule has 0 aliphatic heterocycles. The first-order valence-corrected chi connectivity index (χ1v) is 7.93. The lowest BCUT2D eigenvalue weighted by Crippen LogP contribution is -2.46. The Morgan fingerprint density at radius 1 is 1.04 bits per heavy atom. The first-order valence-electron chi connectivity index (χ1n) is 7.93. The summed E-state index contributed by atoms with van der Waals surface area (Å²) in [6.07, 6.45) is 0.994. The van der Waals surface area contributed by atoms with E-state index in [1.807, 2.05) is 12.1 Å². The molecule has 5 nitrogen and oxygen atoms in total. The van der Waals surface area contributed by atoms with Gasteiger partial charge in [0.25, 0.3) is 5.91 Å². The van der Waals surface area contributed by atoms with Gasteiger partial charge in [-0.05, 0) is 35.2 Å². The second-order valence-corrected chi connectivity index (χ2v) is 5.51. The molecule has 0 aliphatic carbocycles. The summed E-state index contributed by atoms with van der Waals surface area (Å²) in [4.78, 5) is 23.6. The summed E-state index contributed by atoms with van der Waals surface area (Å²) < 4.78 is 0. The molecule has 0 fully saturated rings. The van der Waals surface area contributed by atoms with E-state index in [2.05, 4.69) is 36.5 Å². The minimum absolute atomic E-state index is 0.0486. The van der Waals surface area contributed by atoms with Gasteiger partial charge in [-0.15, -0.1) is 0 Å². The number of Topliss-reactive ketones (excluding diaryl/α,β-unsaturated/α-hetero) is 1. The average molecular weight is 326 g/mol. The maximum absolute atomic E-state index is 12.2. The highest BCUT2D eigenvalue weighted by Crippen LogP contribution is 2.20. The fraction of sp³-hybridized carbons (Fsp3) is 0.263. The molecule has 0 heterocycles. The summed E-state index contributed by atoms with van der Waals surface area (Å²) in [6, 6.07) is 14.5. The van der Waals surface area contributed by atoms with Gasteiger partial charge in [0, 0.05) is 12.1 Å². The van der Waals surface area contributed by atoms with Crippen molar-refractivity contribution < 1.29 is 14.7 Å². The van der Waals surface area contributed by atoms with Crippen LogP contribution in [0.3, 0.4) is 0 Å². The van der Waals surface area contributed by atoms with Crippen LogP contribution in [0.1, 0.15) is 22.8 Å². The molecule has 0 aliphatic rings. The topological polar surface area (TPSA) is 92.4 Å². The summed E-state index contributed by atoms with van der Waals surface area (Å²) in [5.74, 6) is -0.890. The predicted octanol–water partition coefficient (Wildman–Crippen LogP) is 1.53. The van der Waals surface area contributed by atoms with Crippen LogP contribution in [0, 0.1) is 0 Å². The Kier molecular flexibility index (Phi) is 6.23. The number of aryl methyl sites for hydroxylation is 1. The molecule has 0 spiro atoms. The maximum atomic E-state index is 12.2. The number of carbonyl (C=O) groups is 2. The van der Waals surface area contributed by atoms with E-state index < -0.39 is 18.4 Å². The lowest BCUT2D eigenvalue weighted by Gasteiger charge is -2.14. The number of hydrogen-bond donors (Lipinski definition) is 3. The van der Waals surface area contributed by atoms with E-state index in [1.165, 1.54) is 5.56 Å². The number of aliphatic hydroxyl groups excluding tert-OH is 1. The van der Waals surface area contributed by atoms with Crippen LogP contribution >= 0.6 is 0 Å². The van der Waals surface area contributed by atoms with Gasteiger partial charge in [-0.3, -0.25) is 9.59 Å². The molecule has 2 rings (SSSR count). The largest absolute Gasteiger partial charge is 0.388 e. The van der Waals surface area contributed by atoms with Crippen LogP contribution in [0.5, 0.6) is 0 Å². The number of carbonyl (C=O) groups excluding carboxylic acids is 2. The molecule has 0 saturated carbocycles. The summed E-state index contributed by atoms with van der Waals surface area (Å²) >= 11 is 0. The van der Waals surface area contributed by atoms with E-state index in [-0.39, 0.29) is 12.5 Å². The fourth-order valence-corrected chi connectivity index (χ4v) is 2.37. The van der Waals surface area contributed by atoms with Crippen LogP contribution in [0.15, 0.2) is 48.5 Å². The molecule has 1 atom stereocenters. The molecule has 2 aromatic rings. The molecule has 1 amide bonds. The first-order chi connectivity index (χ1) is 11.6. The van der Waals surface area contributed by atoms with Crippen molar-refractivity contribution in [1.82, 2.24) is 5.32 Å². The molecule has 0 unspecified atom stereocenters. The Balaban J connectivity index is 2.10. The van der Waals surface area contributed by atoms with Gasteiger partial charge in [0.1, 0.15) is 12.6 Å². The van der Waals surface area contributed by atoms with Crippen LogP contribution < -0.4 is 11.1 Å². The molecule has 4 N–H and O–H groups in total. The van der Waals surface area contributed by atoms with E-state index in [0.717, 1.165) is 17.5 Å². The molecule has 0 saturated heterocycles. The standard InChI is InChI=1S/C19H22N2O3/c1-2-13-3-5-14(6-4-13)15-7-9-16(10-8-15)19(24)21-17(11-20)18(23)12-22/h3-10,17,22H,2,11-12,20H2,1H3,(H,21,24)/t17-/m0/s1. The van der Waals surface area contributed by atoms with Crippen molar-refractivity contribution in [3.8, 4) is 11.1 Å². The number of hydrogen-bond acceptors (Lipinski definition) is 4. The van der Waals surface area contributed by atoms with Crippen LogP contribution in [0.25, 0.3) is 11.1 Å². The molecule has 2 aromatic carbocycles. The number of aliphatic hydroxyl groups is 1. The van der Waals surface area contributed by atoms with Crippen molar-refractivity contribution in [2.75, 3.05) is 13.2 Å². The number of rotatable bonds is 7. The lowest BCUT2D eigenvalue weighted by molar-refractivity contribution is -0.123. The fourth-order valence-electron chi connectivity index (χ4n) is 2.37. The molecule has 0 aromatic heterocycles. The molecule has 126 valence electrons. The van der Waals surface area contributed by atoms with Gasteiger partial charge in [-0.2, -0.15) is 0 Å². The number of nitrogens with one attached hydrogen (secondary N) is 1. The number of benzene rings is 2. The minimum atomic E-state index is -0.872. The zero-order chi connectivity index (χ0) is 17.5. The highest BCUT2D eigenvalue weighted by Gasteiger charge is 2.18. The summed E-state index contributed by atoms with van der Waals surface area (Å²) in [7, 11) is 0. The Bertz CT molecular complexity index is 694. The summed E-state index contributed by atoms with van der Waals surface area (Å²) in [6.45, 7) is 1.42. The van der Waals surface area contributed by atoms with Crippen molar-refractivity contribution in [2.24, 2.45) is 5.73 Å². The molecule has 24 heavy (non-hydrogen) atoms. The predicted molar refractivity (Wildman–Crippen MR) is 93.7 cm³/mol. The third kappa shape index (κ3) is 4.28. The van der Waals surface area contributed by atoms with Crippen LogP contribution in [0.2, 0.25) is 0 Å². The van der Waals surface area contributed by atoms with E-state index in [1.54, 1.807) is 12.1 Å². The van der Waals surface area contributed by atoms with Crippen molar-refractivity contribution >= 4 is 11.7 Å². The van der Waals surface area contributed by atoms with Crippen LogP contribution in [-0.4, -0.2) is 36.0 Å². The number of ketones is 1. The van der Waals surface area contributed by atoms with Gasteiger partial charge in [-0.1, -0.05) is 43.3 Å². The van der Waals surface area contributed by atoms with Gasteiger partial charge >= 0.3 is 0 Å². The highest BCUT2D eigenvalue weighted by atomic mass is 16.3. The highest BCUT2D eigenvalue weighted by molar-refractivity contribution is 5.98. The molecule has 0 radical (unpaired) electrons. The Labute approximate surface area is 141 Å². The minimum Gasteiger partial charge on any atom is -0.388 e. The lowest BCUT2D eigenvalue weighted by atomic mass is 10.0. The SMILES string of the molecule is CCc1ccc(-c2ccc(C(=O)N[C@@H](CN)C(=O)CO)cc2)cc1. The second kappa shape index (κ2) is 8.38. The van der Waals surface area contributed by atoms with Crippen LogP contribution in [-0.2, 0) is 11.2 Å². The van der Waals surface area contributed by atoms with Gasteiger partial charge in [0.2, 0.25) is 0 Å². The Morgan fingerprint density at radius 2 is 1.58 bits per heavy atom. The van der Waals surface area contributed by atoms with E-state index in [0.29, 0.717) is 5.56 Å².